The predicted octanol–water partition coefficient (Wildman–Crippen LogP) is 3.11. The van der Waals surface area contributed by atoms with Crippen LogP contribution in [0, 0.1) is 11.3 Å². The first-order chi connectivity index (χ1) is 14.7. The van der Waals surface area contributed by atoms with Gasteiger partial charge in [0.05, 0.1) is 17.3 Å². The molecule has 1 aliphatic rings. The van der Waals surface area contributed by atoms with Crippen molar-refractivity contribution in [2.45, 2.75) is 12.6 Å². The van der Waals surface area contributed by atoms with E-state index < -0.39 is 0 Å². The van der Waals surface area contributed by atoms with Crippen molar-refractivity contribution in [1.82, 2.24) is 19.5 Å². The molecule has 0 spiro atoms. The Kier molecular flexibility index (Phi) is 4.54. The van der Waals surface area contributed by atoms with Crippen LogP contribution < -0.4 is 10.5 Å². The summed E-state index contributed by atoms with van der Waals surface area (Å²) in [7, 11) is 0. The second kappa shape index (κ2) is 7.50. The van der Waals surface area contributed by atoms with Gasteiger partial charge in [-0.3, -0.25) is 4.90 Å². The first kappa shape index (κ1) is 18.2. The summed E-state index contributed by atoms with van der Waals surface area (Å²) in [4.78, 5) is 6.57. The summed E-state index contributed by atoms with van der Waals surface area (Å²) in [6.45, 7) is 2.66. The number of anilines is 1. The zero-order valence-corrected chi connectivity index (χ0v) is 16.3. The second-order valence-corrected chi connectivity index (χ2v) is 7.42. The SMILES string of the molecule is N#Cc1ccc(OC2CN(Cc3ccc(-c4cccc5nc(N)nn45)cc3)C2)cc1. The van der Waals surface area contributed by atoms with Gasteiger partial charge in [-0.05, 0) is 42.0 Å². The molecule has 1 fully saturated rings. The predicted molar refractivity (Wildman–Crippen MR) is 114 cm³/mol. The van der Waals surface area contributed by atoms with Crippen molar-refractivity contribution in [1.29, 1.82) is 5.26 Å². The number of hydrogen-bond acceptors (Lipinski definition) is 6. The number of benzene rings is 2. The number of nitrogens with two attached hydrogens (primary N) is 1. The molecular formula is C23H20N6O. The highest BCUT2D eigenvalue weighted by atomic mass is 16.5. The fourth-order valence-corrected chi connectivity index (χ4v) is 3.71. The van der Waals surface area contributed by atoms with E-state index in [-0.39, 0.29) is 12.1 Å². The number of aromatic nitrogens is 3. The lowest BCUT2D eigenvalue weighted by Gasteiger charge is -2.39. The van der Waals surface area contributed by atoms with Gasteiger partial charge in [0.25, 0.3) is 0 Å². The third-order valence-corrected chi connectivity index (χ3v) is 5.24. The Balaban J connectivity index is 1.19. The number of nitrogen functional groups attached to an aromatic ring is 1. The number of pyridine rings is 1. The van der Waals surface area contributed by atoms with Crippen LogP contribution >= 0.6 is 0 Å². The standard InChI is InChI=1S/C23H20N6O/c24-12-16-6-10-19(11-7-16)30-20-14-28(15-20)13-17-4-8-18(9-5-17)21-2-1-3-22-26-23(25)27-29(21)22/h1-11,20H,13-15H2,(H2,25,27). The molecule has 0 aliphatic carbocycles. The number of ether oxygens (including phenoxy) is 1. The molecule has 7 heteroatoms. The molecule has 3 heterocycles. The van der Waals surface area contributed by atoms with E-state index >= 15 is 0 Å². The highest BCUT2D eigenvalue weighted by Gasteiger charge is 2.28. The normalized spacial score (nSPS) is 14.4. The van der Waals surface area contributed by atoms with E-state index in [1.54, 1.807) is 16.6 Å². The maximum Gasteiger partial charge on any atom is 0.240 e. The Bertz CT molecular complexity index is 1220. The van der Waals surface area contributed by atoms with Crippen LogP contribution in [0.3, 0.4) is 0 Å². The lowest BCUT2D eigenvalue weighted by atomic mass is 10.1. The molecule has 5 rings (SSSR count). The van der Waals surface area contributed by atoms with Gasteiger partial charge >= 0.3 is 0 Å². The fraction of sp³-hybridized carbons (Fsp3) is 0.174. The smallest absolute Gasteiger partial charge is 0.240 e. The van der Waals surface area contributed by atoms with E-state index in [0.717, 1.165) is 42.3 Å². The molecule has 30 heavy (non-hydrogen) atoms. The van der Waals surface area contributed by atoms with Crippen LogP contribution in [-0.4, -0.2) is 38.7 Å². The topological polar surface area (TPSA) is 92.5 Å². The number of fused-ring (bicyclic) bond motifs is 1. The molecule has 2 aromatic carbocycles. The molecule has 2 N–H and O–H groups in total. The van der Waals surface area contributed by atoms with Crippen LogP contribution in [-0.2, 0) is 6.54 Å². The summed E-state index contributed by atoms with van der Waals surface area (Å²) in [6, 6.07) is 23.7. The summed E-state index contributed by atoms with van der Waals surface area (Å²) in [5, 5.41) is 13.1. The highest BCUT2D eigenvalue weighted by molar-refractivity contribution is 5.63. The molecule has 0 bridgehead atoms. The number of hydrogen-bond donors (Lipinski definition) is 1. The molecule has 2 aromatic heterocycles. The quantitative estimate of drug-likeness (QED) is 0.557. The van der Waals surface area contributed by atoms with Crippen molar-refractivity contribution in [2.24, 2.45) is 0 Å². The number of nitrogens with zero attached hydrogens (tertiary/aromatic N) is 5. The lowest BCUT2D eigenvalue weighted by Crippen LogP contribution is -2.53. The molecule has 0 radical (unpaired) electrons. The molecule has 0 unspecified atom stereocenters. The van der Waals surface area contributed by atoms with Crippen LogP contribution in [0.2, 0.25) is 0 Å². The van der Waals surface area contributed by atoms with Crippen molar-refractivity contribution in [3.8, 4) is 23.1 Å². The summed E-state index contributed by atoms with van der Waals surface area (Å²) in [5.41, 5.74) is 10.4. The maximum atomic E-state index is 8.86. The van der Waals surface area contributed by atoms with E-state index in [4.69, 9.17) is 15.7 Å². The summed E-state index contributed by atoms with van der Waals surface area (Å²) >= 11 is 0. The van der Waals surface area contributed by atoms with Gasteiger partial charge < -0.3 is 10.5 Å². The van der Waals surface area contributed by atoms with Crippen molar-refractivity contribution >= 4 is 11.6 Å². The highest BCUT2D eigenvalue weighted by Crippen LogP contribution is 2.23. The minimum absolute atomic E-state index is 0.188. The second-order valence-electron chi connectivity index (χ2n) is 7.42. The van der Waals surface area contributed by atoms with Crippen LogP contribution in [0.25, 0.3) is 16.9 Å². The summed E-state index contributed by atoms with van der Waals surface area (Å²) < 4.78 is 7.73. The monoisotopic (exact) mass is 396 g/mol. The Labute approximate surface area is 173 Å². The number of nitriles is 1. The first-order valence-electron chi connectivity index (χ1n) is 9.78. The van der Waals surface area contributed by atoms with Gasteiger partial charge in [-0.2, -0.15) is 10.2 Å². The van der Waals surface area contributed by atoms with Crippen LogP contribution in [0.15, 0.2) is 66.7 Å². The fourth-order valence-electron chi connectivity index (χ4n) is 3.71. The minimum atomic E-state index is 0.188. The average Bonchev–Trinajstić information content (AvgIpc) is 3.13. The molecular weight excluding hydrogens is 376 g/mol. The summed E-state index contributed by atoms with van der Waals surface area (Å²) in [5.74, 6) is 1.08. The van der Waals surface area contributed by atoms with E-state index in [9.17, 15) is 0 Å². The molecule has 0 atom stereocenters. The molecule has 4 aromatic rings. The van der Waals surface area contributed by atoms with E-state index in [0.29, 0.717) is 5.56 Å². The Morgan fingerprint density at radius 3 is 2.53 bits per heavy atom. The van der Waals surface area contributed by atoms with Crippen molar-refractivity contribution < 1.29 is 4.74 Å². The van der Waals surface area contributed by atoms with Crippen molar-refractivity contribution in [3.63, 3.8) is 0 Å². The van der Waals surface area contributed by atoms with E-state index in [1.807, 2.05) is 30.3 Å². The van der Waals surface area contributed by atoms with Gasteiger partial charge in [-0.1, -0.05) is 30.3 Å². The average molecular weight is 396 g/mol. The third kappa shape index (κ3) is 3.56. The minimum Gasteiger partial charge on any atom is -0.488 e. The Morgan fingerprint density at radius 2 is 1.80 bits per heavy atom. The van der Waals surface area contributed by atoms with Crippen molar-refractivity contribution in [2.75, 3.05) is 18.8 Å². The number of rotatable bonds is 5. The van der Waals surface area contributed by atoms with Gasteiger partial charge in [0.2, 0.25) is 5.95 Å². The van der Waals surface area contributed by atoms with Gasteiger partial charge in [-0.15, -0.1) is 5.10 Å². The molecule has 0 amide bonds. The third-order valence-electron chi connectivity index (χ3n) is 5.24. The molecule has 7 nitrogen and oxygen atoms in total. The van der Waals surface area contributed by atoms with Crippen LogP contribution in [0.5, 0.6) is 5.75 Å². The summed E-state index contributed by atoms with van der Waals surface area (Å²) in [6.07, 6.45) is 0.188. The lowest BCUT2D eigenvalue weighted by molar-refractivity contribution is 0.0146. The maximum absolute atomic E-state index is 8.86. The molecule has 0 saturated carbocycles. The van der Waals surface area contributed by atoms with Gasteiger partial charge in [0.1, 0.15) is 11.9 Å². The Morgan fingerprint density at radius 1 is 1.03 bits per heavy atom. The Hall–Kier alpha value is -3.89. The number of likely N-dealkylation sites (tertiary alicyclic amines) is 1. The van der Waals surface area contributed by atoms with Crippen LogP contribution in [0.1, 0.15) is 11.1 Å². The molecule has 1 aliphatic heterocycles. The largest absolute Gasteiger partial charge is 0.488 e. The van der Waals surface area contributed by atoms with E-state index in [2.05, 4.69) is 45.3 Å². The zero-order chi connectivity index (χ0) is 20.5. The van der Waals surface area contributed by atoms with Gasteiger partial charge in [0, 0.05) is 25.2 Å². The molecule has 1 saturated heterocycles. The van der Waals surface area contributed by atoms with Crippen molar-refractivity contribution in [3.05, 3.63) is 77.9 Å². The first-order valence-corrected chi connectivity index (χ1v) is 9.78. The molecule has 148 valence electrons. The van der Waals surface area contributed by atoms with Crippen LogP contribution in [0.4, 0.5) is 5.95 Å². The van der Waals surface area contributed by atoms with Gasteiger partial charge in [-0.25, -0.2) is 4.52 Å². The van der Waals surface area contributed by atoms with Gasteiger partial charge in [0.15, 0.2) is 5.65 Å². The van der Waals surface area contributed by atoms with E-state index in [1.165, 1.54) is 5.56 Å². The zero-order valence-electron chi connectivity index (χ0n) is 16.3.